The third-order valence-corrected chi connectivity index (χ3v) is 3.66. The van der Waals surface area contributed by atoms with E-state index in [4.69, 9.17) is 5.26 Å². The number of hydrogen-bond donors (Lipinski definition) is 1. The second-order valence-electron chi connectivity index (χ2n) is 4.25. The van der Waals surface area contributed by atoms with Crippen molar-refractivity contribution in [2.45, 2.75) is 18.8 Å². The summed E-state index contributed by atoms with van der Waals surface area (Å²) in [6.45, 7) is 0. The van der Waals surface area contributed by atoms with Crippen LogP contribution in [-0.2, 0) is 0 Å². The van der Waals surface area contributed by atoms with Gasteiger partial charge in [0, 0.05) is 11.3 Å². The van der Waals surface area contributed by atoms with Crippen LogP contribution >= 0.6 is 11.3 Å². The van der Waals surface area contributed by atoms with Crippen LogP contribution in [0.5, 0.6) is 0 Å². The number of thiazole rings is 1. The van der Waals surface area contributed by atoms with E-state index in [-0.39, 0.29) is 5.56 Å². The van der Waals surface area contributed by atoms with E-state index in [1.54, 1.807) is 12.1 Å². The van der Waals surface area contributed by atoms with Crippen molar-refractivity contribution >= 4 is 22.2 Å². The molecule has 1 N–H and O–H groups in total. The first-order chi connectivity index (χ1) is 8.78. The van der Waals surface area contributed by atoms with Gasteiger partial charge in [-0.05, 0) is 25.0 Å². The van der Waals surface area contributed by atoms with Crippen LogP contribution in [0.3, 0.4) is 0 Å². The zero-order valence-electron chi connectivity index (χ0n) is 9.48. The summed E-state index contributed by atoms with van der Waals surface area (Å²) in [5.74, 6) is 0.0845. The second kappa shape index (κ2) is 4.39. The summed E-state index contributed by atoms with van der Waals surface area (Å²) < 4.78 is 13.4. The van der Waals surface area contributed by atoms with Gasteiger partial charge in [-0.1, -0.05) is 6.07 Å². The minimum Gasteiger partial charge on any atom is -0.330 e. The number of rotatable bonds is 3. The van der Waals surface area contributed by atoms with Gasteiger partial charge in [0.2, 0.25) is 0 Å². The third-order valence-electron chi connectivity index (χ3n) is 2.88. The van der Waals surface area contributed by atoms with Gasteiger partial charge in [-0.15, -0.1) is 11.3 Å². The van der Waals surface area contributed by atoms with Gasteiger partial charge in [0.15, 0.2) is 5.13 Å². The normalized spacial score (nSPS) is 14.2. The van der Waals surface area contributed by atoms with Crippen LogP contribution in [0.2, 0.25) is 0 Å². The summed E-state index contributed by atoms with van der Waals surface area (Å²) in [5.41, 5.74) is 1.59. The molecule has 0 saturated heterocycles. The van der Waals surface area contributed by atoms with Crippen LogP contribution in [0.1, 0.15) is 30.0 Å². The number of benzene rings is 1. The van der Waals surface area contributed by atoms with E-state index in [1.807, 2.05) is 11.4 Å². The molecule has 1 fully saturated rings. The van der Waals surface area contributed by atoms with Gasteiger partial charge in [0.05, 0.1) is 11.4 Å². The van der Waals surface area contributed by atoms with Crippen LogP contribution in [0.4, 0.5) is 15.2 Å². The van der Waals surface area contributed by atoms with Crippen LogP contribution < -0.4 is 5.32 Å². The molecule has 0 amide bonds. The number of nitrogens with zero attached hydrogens (tertiary/aromatic N) is 2. The monoisotopic (exact) mass is 259 g/mol. The summed E-state index contributed by atoms with van der Waals surface area (Å²) in [5, 5.41) is 14.7. The molecule has 1 aromatic carbocycles. The maximum atomic E-state index is 13.4. The first kappa shape index (κ1) is 11.2. The van der Waals surface area contributed by atoms with Gasteiger partial charge >= 0.3 is 0 Å². The van der Waals surface area contributed by atoms with E-state index in [0.29, 0.717) is 16.7 Å². The van der Waals surface area contributed by atoms with E-state index in [9.17, 15) is 4.39 Å². The molecule has 18 heavy (non-hydrogen) atoms. The third kappa shape index (κ3) is 2.07. The molecule has 1 saturated carbocycles. The van der Waals surface area contributed by atoms with Crippen LogP contribution in [-0.4, -0.2) is 4.98 Å². The highest BCUT2D eigenvalue weighted by Gasteiger charge is 2.26. The van der Waals surface area contributed by atoms with Crippen molar-refractivity contribution in [2.24, 2.45) is 0 Å². The lowest BCUT2D eigenvalue weighted by atomic mass is 10.2. The summed E-state index contributed by atoms with van der Waals surface area (Å²) >= 11 is 1.48. The Morgan fingerprint density at radius 3 is 3.00 bits per heavy atom. The van der Waals surface area contributed by atoms with Crippen molar-refractivity contribution in [3.63, 3.8) is 0 Å². The van der Waals surface area contributed by atoms with E-state index in [1.165, 1.54) is 30.2 Å². The summed E-state index contributed by atoms with van der Waals surface area (Å²) in [6.07, 6.45) is 2.40. The lowest BCUT2D eigenvalue weighted by Gasteiger charge is -2.04. The Hall–Kier alpha value is -1.93. The van der Waals surface area contributed by atoms with Crippen molar-refractivity contribution in [1.29, 1.82) is 5.26 Å². The summed E-state index contributed by atoms with van der Waals surface area (Å²) in [6, 6.07) is 6.40. The van der Waals surface area contributed by atoms with Crippen molar-refractivity contribution < 1.29 is 4.39 Å². The molecule has 0 bridgehead atoms. The smallest absolute Gasteiger partial charge is 0.187 e. The van der Waals surface area contributed by atoms with Gasteiger partial charge in [-0.25, -0.2) is 9.37 Å². The van der Waals surface area contributed by atoms with Crippen LogP contribution in [0.15, 0.2) is 23.6 Å². The van der Waals surface area contributed by atoms with Crippen LogP contribution in [0.25, 0.3) is 0 Å². The number of nitrogens with one attached hydrogen (secondary N) is 1. The van der Waals surface area contributed by atoms with Crippen LogP contribution in [0, 0.1) is 17.1 Å². The second-order valence-corrected chi connectivity index (χ2v) is 5.11. The van der Waals surface area contributed by atoms with Crippen molar-refractivity contribution in [1.82, 2.24) is 4.98 Å². The first-order valence-corrected chi connectivity index (χ1v) is 6.57. The molecular formula is C13H10FN3S. The molecule has 5 heteroatoms. The highest BCUT2D eigenvalue weighted by atomic mass is 32.1. The zero-order valence-corrected chi connectivity index (χ0v) is 10.3. The fraction of sp³-hybridized carbons (Fsp3) is 0.231. The number of anilines is 2. The first-order valence-electron chi connectivity index (χ1n) is 5.69. The van der Waals surface area contributed by atoms with E-state index < -0.39 is 5.82 Å². The fourth-order valence-corrected chi connectivity index (χ4v) is 2.57. The van der Waals surface area contributed by atoms with Gasteiger partial charge in [0.1, 0.15) is 17.4 Å². The maximum absolute atomic E-state index is 13.4. The topological polar surface area (TPSA) is 48.7 Å². The van der Waals surface area contributed by atoms with Gasteiger partial charge < -0.3 is 5.32 Å². The lowest BCUT2D eigenvalue weighted by molar-refractivity contribution is 0.624. The predicted molar refractivity (Wildman–Crippen MR) is 68.5 cm³/mol. The Morgan fingerprint density at radius 2 is 2.28 bits per heavy atom. The molecule has 0 unspecified atom stereocenters. The van der Waals surface area contributed by atoms with E-state index in [0.717, 1.165) is 5.69 Å². The van der Waals surface area contributed by atoms with Gasteiger partial charge in [0.25, 0.3) is 0 Å². The van der Waals surface area contributed by atoms with Crippen molar-refractivity contribution in [2.75, 3.05) is 5.32 Å². The van der Waals surface area contributed by atoms with Gasteiger partial charge in [-0.3, -0.25) is 0 Å². The molecule has 2 aromatic rings. The quantitative estimate of drug-likeness (QED) is 0.912. The lowest BCUT2D eigenvalue weighted by Crippen LogP contribution is -1.95. The maximum Gasteiger partial charge on any atom is 0.187 e. The Bertz CT molecular complexity index is 625. The molecule has 0 radical (unpaired) electrons. The average molecular weight is 259 g/mol. The molecule has 0 atom stereocenters. The number of nitriles is 1. The minimum atomic E-state index is -0.513. The Labute approximate surface area is 108 Å². The molecule has 3 rings (SSSR count). The Kier molecular flexibility index (Phi) is 2.73. The highest BCUT2D eigenvalue weighted by molar-refractivity contribution is 7.13. The molecule has 90 valence electrons. The summed E-state index contributed by atoms with van der Waals surface area (Å²) in [4.78, 5) is 4.45. The molecule has 1 heterocycles. The number of hydrogen-bond acceptors (Lipinski definition) is 4. The average Bonchev–Trinajstić information content (AvgIpc) is 3.11. The molecule has 3 nitrogen and oxygen atoms in total. The minimum absolute atomic E-state index is 0.0284. The van der Waals surface area contributed by atoms with Crippen molar-refractivity contribution in [3.05, 3.63) is 40.7 Å². The highest BCUT2D eigenvalue weighted by Crippen LogP contribution is 2.41. The largest absolute Gasteiger partial charge is 0.330 e. The standard InChI is InChI=1S/C13H10FN3S/c14-10-2-1-3-11(9(10)6-15)16-13-17-12(7-18-13)8-4-5-8/h1-3,7-8H,4-5H2,(H,16,17). The number of aromatic nitrogens is 1. The Balaban J connectivity index is 1.87. The molecular weight excluding hydrogens is 249 g/mol. The molecule has 1 aliphatic carbocycles. The molecule has 1 aliphatic rings. The Morgan fingerprint density at radius 1 is 1.44 bits per heavy atom. The molecule has 1 aromatic heterocycles. The van der Waals surface area contributed by atoms with E-state index >= 15 is 0 Å². The SMILES string of the molecule is N#Cc1c(F)cccc1Nc1nc(C2CC2)cs1. The van der Waals surface area contributed by atoms with E-state index in [2.05, 4.69) is 10.3 Å². The molecule has 0 aliphatic heterocycles. The predicted octanol–water partition coefficient (Wildman–Crippen LogP) is 3.77. The zero-order chi connectivity index (χ0) is 12.5. The summed E-state index contributed by atoms with van der Waals surface area (Å²) in [7, 11) is 0. The number of halogens is 1. The van der Waals surface area contributed by atoms with Gasteiger partial charge in [-0.2, -0.15) is 5.26 Å². The van der Waals surface area contributed by atoms with Crippen molar-refractivity contribution in [3.8, 4) is 6.07 Å². The fourth-order valence-electron chi connectivity index (χ4n) is 1.77. The molecule has 0 spiro atoms.